The van der Waals surface area contributed by atoms with Gasteiger partial charge in [0.1, 0.15) is 6.17 Å². The van der Waals surface area contributed by atoms with Crippen LogP contribution in [0.4, 0.5) is 4.39 Å². The molecule has 0 spiro atoms. The van der Waals surface area contributed by atoms with Crippen molar-refractivity contribution in [1.82, 2.24) is 9.13 Å². The van der Waals surface area contributed by atoms with Crippen LogP contribution < -0.4 is 11.2 Å². The quantitative estimate of drug-likeness (QED) is 0.727. The highest BCUT2D eigenvalue weighted by Crippen LogP contribution is 2.40. The lowest BCUT2D eigenvalue weighted by atomic mass is 9.78. The standard InChI is InChI=1S/C20H25FN2O3/c1-2-3-10-23-18(24)9-11-22(20(23)25)17-12-16(19(17)21)14-26-13-15-7-5-4-6-8-15/h4-9,11,16-17,19H,2-3,10,12-14H2,1H3/t16-,17-,19?/m1/s1. The smallest absolute Gasteiger partial charge is 0.331 e. The molecule has 26 heavy (non-hydrogen) atoms. The van der Waals surface area contributed by atoms with E-state index >= 15 is 0 Å². The first kappa shape index (κ1) is 18.6. The first-order chi connectivity index (χ1) is 12.6. The minimum atomic E-state index is -1.14. The minimum Gasteiger partial charge on any atom is -0.376 e. The van der Waals surface area contributed by atoms with E-state index in [-0.39, 0.29) is 11.5 Å². The van der Waals surface area contributed by atoms with E-state index in [0.29, 0.717) is 26.2 Å². The highest BCUT2D eigenvalue weighted by atomic mass is 19.1. The number of hydrogen-bond donors (Lipinski definition) is 0. The Morgan fingerprint density at radius 1 is 1.19 bits per heavy atom. The summed E-state index contributed by atoms with van der Waals surface area (Å²) in [5.41, 5.74) is 0.317. The van der Waals surface area contributed by atoms with Gasteiger partial charge in [0.2, 0.25) is 0 Å². The van der Waals surface area contributed by atoms with Crippen molar-refractivity contribution in [3.05, 3.63) is 69.0 Å². The van der Waals surface area contributed by atoms with Gasteiger partial charge >= 0.3 is 5.69 Å². The molecule has 6 heteroatoms. The number of ether oxygens (including phenoxy) is 1. The fourth-order valence-corrected chi connectivity index (χ4v) is 3.32. The molecule has 0 radical (unpaired) electrons. The van der Waals surface area contributed by atoms with Gasteiger partial charge in [-0.05, 0) is 18.4 Å². The summed E-state index contributed by atoms with van der Waals surface area (Å²) in [5, 5.41) is 0. The highest BCUT2D eigenvalue weighted by molar-refractivity contribution is 5.13. The van der Waals surface area contributed by atoms with E-state index in [2.05, 4.69) is 0 Å². The second kappa shape index (κ2) is 8.45. The van der Waals surface area contributed by atoms with Crippen molar-refractivity contribution in [2.45, 2.75) is 51.6 Å². The third-order valence-electron chi connectivity index (χ3n) is 4.99. The van der Waals surface area contributed by atoms with Gasteiger partial charge < -0.3 is 4.74 Å². The molecule has 0 N–H and O–H groups in total. The zero-order valence-corrected chi connectivity index (χ0v) is 15.0. The molecule has 1 unspecified atom stereocenters. The van der Waals surface area contributed by atoms with Crippen LogP contribution in [0.3, 0.4) is 0 Å². The second-order valence-electron chi connectivity index (χ2n) is 6.86. The van der Waals surface area contributed by atoms with Crippen LogP contribution in [0.5, 0.6) is 0 Å². The number of aromatic nitrogens is 2. The molecule has 1 aromatic carbocycles. The van der Waals surface area contributed by atoms with Gasteiger partial charge in [0, 0.05) is 24.7 Å². The fraction of sp³-hybridized carbons (Fsp3) is 0.500. The first-order valence-electron chi connectivity index (χ1n) is 9.19. The normalized spacial score (nSPS) is 22.2. The van der Waals surface area contributed by atoms with E-state index in [0.717, 1.165) is 18.4 Å². The molecule has 0 bridgehead atoms. The molecule has 1 aliphatic carbocycles. The van der Waals surface area contributed by atoms with E-state index in [4.69, 9.17) is 4.74 Å². The second-order valence-corrected chi connectivity index (χ2v) is 6.86. The van der Waals surface area contributed by atoms with Crippen molar-refractivity contribution < 1.29 is 9.13 Å². The molecule has 0 amide bonds. The van der Waals surface area contributed by atoms with Crippen molar-refractivity contribution in [2.24, 2.45) is 5.92 Å². The van der Waals surface area contributed by atoms with Crippen molar-refractivity contribution in [2.75, 3.05) is 6.61 Å². The third kappa shape index (κ3) is 3.96. The van der Waals surface area contributed by atoms with Gasteiger partial charge in [-0.25, -0.2) is 9.18 Å². The van der Waals surface area contributed by atoms with Crippen molar-refractivity contribution >= 4 is 0 Å². The molecule has 3 rings (SSSR count). The van der Waals surface area contributed by atoms with Crippen molar-refractivity contribution in [3.8, 4) is 0 Å². The maximum atomic E-state index is 14.6. The summed E-state index contributed by atoms with van der Waals surface area (Å²) in [7, 11) is 0. The average Bonchev–Trinajstić information content (AvgIpc) is 2.65. The lowest BCUT2D eigenvalue weighted by molar-refractivity contribution is -0.0319. The number of rotatable bonds is 8. The van der Waals surface area contributed by atoms with E-state index < -0.39 is 17.9 Å². The van der Waals surface area contributed by atoms with E-state index in [1.165, 1.54) is 21.4 Å². The Morgan fingerprint density at radius 3 is 2.65 bits per heavy atom. The first-order valence-corrected chi connectivity index (χ1v) is 9.19. The van der Waals surface area contributed by atoms with Crippen LogP contribution in [0.1, 0.15) is 37.8 Å². The van der Waals surface area contributed by atoms with Gasteiger partial charge in [0.25, 0.3) is 5.56 Å². The highest BCUT2D eigenvalue weighted by Gasteiger charge is 2.43. The molecule has 3 atom stereocenters. The summed E-state index contributed by atoms with van der Waals surface area (Å²) in [4.78, 5) is 24.4. The van der Waals surface area contributed by atoms with Crippen LogP contribution in [-0.4, -0.2) is 21.9 Å². The topological polar surface area (TPSA) is 53.2 Å². The van der Waals surface area contributed by atoms with Gasteiger partial charge in [-0.1, -0.05) is 43.7 Å². The monoisotopic (exact) mass is 360 g/mol. The van der Waals surface area contributed by atoms with Crippen molar-refractivity contribution in [1.29, 1.82) is 0 Å². The van der Waals surface area contributed by atoms with E-state index in [1.54, 1.807) is 0 Å². The zero-order chi connectivity index (χ0) is 18.5. The fourth-order valence-electron chi connectivity index (χ4n) is 3.32. The molecule has 1 aromatic heterocycles. The Bertz CT molecular complexity index is 831. The maximum Gasteiger partial charge on any atom is 0.331 e. The largest absolute Gasteiger partial charge is 0.376 e. The number of halogens is 1. The predicted octanol–water partition coefficient (Wildman–Crippen LogP) is 2.93. The van der Waals surface area contributed by atoms with Gasteiger partial charge in [-0.15, -0.1) is 0 Å². The summed E-state index contributed by atoms with van der Waals surface area (Å²) in [6.45, 7) is 3.16. The minimum absolute atomic E-state index is 0.216. The molecule has 2 aromatic rings. The van der Waals surface area contributed by atoms with Crippen LogP contribution in [0, 0.1) is 5.92 Å². The number of hydrogen-bond acceptors (Lipinski definition) is 3. The molecular weight excluding hydrogens is 335 g/mol. The molecule has 1 aliphatic rings. The van der Waals surface area contributed by atoms with Gasteiger partial charge in [0.05, 0.1) is 19.3 Å². The molecule has 140 valence electrons. The maximum absolute atomic E-state index is 14.6. The molecule has 0 saturated heterocycles. The van der Waals surface area contributed by atoms with Crippen LogP contribution in [-0.2, 0) is 17.9 Å². The average molecular weight is 360 g/mol. The van der Waals surface area contributed by atoms with Gasteiger partial charge in [0.15, 0.2) is 0 Å². The molecule has 5 nitrogen and oxygen atoms in total. The van der Waals surface area contributed by atoms with Gasteiger partial charge in [-0.3, -0.25) is 13.9 Å². The summed E-state index contributed by atoms with van der Waals surface area (Å²) < 4.78 is 22.8. The molecule has 1 fully saturated rings. The van der Waals surface area contributed by atoms with Crippen LogP contribution in [0.2, 0.25) is 0 Å². The van der Waals surface area contributed by atoms with Crippen LogP contribution in [0.15, 0.2) is 52.2 Å². The van der Waals surface area contributed by atoms with Crippen LogP contribution in [0.25, 0.3) is 0 Å². The molecular formula is C20H25FN2O3. The Morgan fingerprint density at radius 2 is 1.96 bits per heavy atom. The van der Waals surface area contributed by atoms with Crippen molar-refractivity contribution in [3.63, 3.8) is 0 Å². The van der Waals surface area contributed by atoms with E-state index in [9.17, 15) is 14.0 Å². The van der Waals surface area contributed by atoms with Crippen LogP contribution >= 0.6 is 0 Å². The predicted molar refractivity (Wildman–Crippen MR) is 98.0 cm³/mol. The molecule has 0 aliphatic heterocycles. The lowest BCUT2D eigenvalue weighted by Gasteiger charge is -2.40. The Labute approximate surface area is 152 Å². The SMILES string of the molecule is CCCCn1c(=O)ccn([C@@H]2C[C@H](COCc3ccccc3)C2F)c1=O. The summed E-state index contributed by atoms with van der Waals surface area (Å²) >= 11 is 0. The lowest BCUT2D eigenvalue weighted by Crippen LogP contribution is -2.49. The summed E-state index contributed by atoms with van der Waals surface area (Å²) in [6, 6.07) is 10.6. The summed E-state index contributed by atoms with van der Waals surface area (Å²) in [5.74, 6) is -0.216. The zero-order valence-electron chi connectivity index (χ0n) is 15.0. The van der Waals surface area contributed by atoms with E-state index in [1.807, 2.05) is 37.3 Å². The Hall–Kier alpha value is -2.21. The molecule has 1 saturated carbocycles. The number of unbranched alkanes of at least 4 members (excludes halogenated alkanes) is 1. The Kier molecular flexibility index (Phi) is 6.04. The number of nitrogens with zero attached hydrogens (tertiary/aromatic N) is 2. The van der Waals surface area contributed by atoms with Gasteiger partial charge in [-0.2, -0.15) is 0 Å². The third-order valence-corrected chi connectivity index (χ3v) is 4.99. The molecule has 1 heterocycles. The Balaban J connectivity index is 1.59. The number of alkyl halides is 1. The summed E-state index contributed by atoms with van der Waals surface area (Å²) in [6.07, 6.45) is 2.46. The number of benzene rings is 1.